The van der Waals surface area contributed by atoms with Crippen LogP contribution in [-0.4, -0.2) is 52.0 Å². The van der Waals surface area contributed by atoms with Gasteiger partial charge in [-0.25, -0.2) is 0 Å². The van der Waals surface area contributed by atoms with E-state index in [1.54, 1.807) is 15.7 Å². The normalized spacial score (nSPS) is 13.3. The fourth-order valence-corrected chi connectivity index (χ4v) is 5.16. The SMILES string of the molecule is C=CC(=O)N1CC(NC(=O)Cn2cc(C(=O)CCCC(=O)Cc3cc(C)ccc3C)c3cc(Br)ccc32)C1. The summed E-state index contributed by atoms with van der Waals surface area (Å²) in [6.45, 7) is 8.48. The number of rotatable bonds is 11. The van der Waals surface area contributed by atoms with Crippen LogP contribution in [-0.2, 0) is 27.3 Å². The van der Waals surface area contributed by atoms with Gasteiger partial charge in [0.1, 0.15) is 12.3 Å². The van der Waals surface area contributed by atoms with E-state index in [1.807, 2.05) is 50.2 Å². The van der Waals surface area contributed by atoms with Gasteiger partial charge in [0.15, 0.2) is 5.78 Å². The molecule has 38 heavy (non-hydrogen) atoms. The standard InChI is InChI=1S/C30H32BrN3O4/c1-4-30(38)34-15-23(16-34)32-29(37)18-33-17-26(25-14-22(31)10-11-27(25)33)28(36)7-5-6-24(35)13-21-12-19(2)8-9-20(21)3/h4,8-12,14,17,23H,1,5-7,13,15-16,18H2,2-3H3,(H,32,37). The Labute approximate surface area is 231 Å². The van der Waals surface area contributed by atoms with Crippen molar-refractivity contribution in [2.24, 2.45) is 0 Å². The lowest BCUT2D eigenvalue weighted by Gasteiger charge is -2.38. The molecule has 198 valence electrons. The summed E-state index contributed by atoms with van der Waals surface area (Å²) >= 11 is 3.48. The van der Waals surface area contributed by atoms with Crippen LogP contribution in [0.5, 0.6) is 0 Å². The summed E-state index contributed by atoms with van der Waals surface area (Å²) in [5, 5.41) is 3.71. The van der Waals surface area contributed by atoms with Crippen molar-refractivity contribution in [2.75, 3.05) is 13.1 Å². The van der Waals surface area contributed by atoms with E-state index in [9.17, 15) is 19.2 Å². The minimum absolute atomic E-state index is 0.0515. The van der Waals surface area contributed by atoms with Crippen LogP contribution < -0.4 is 5.32 Å². The number of benzene rings is 2. The average molecular weight is 579 g/mol. The number of Topliss-reactive ketones (excluding diaryl/α,β-unsaturated/α-hetero) is 2. The lowest BCUT2D eigenvalue weighted by molar-refractivity contribution is -0.133. The number of ketones is 2. The molecule has 0 radical (unpaired) electrons. The number of nitrogens with one attached hydrogen (secondary N) is 1. The molecule has 2 heterocycles. The molecule has 0 atom stereocenters. The molecule has 0 aliphatic carbocycles. The van der Waals surface area contributed by atoms with Crippen LogP contribution in [0.25, 0.3) is 10.9 Å². The van der Waals surface area contributed by atoms with Gasteiger partial charge in [-0.05, 0) is 55.7 Å². The molecule has 1 saturated heterocycles. The Morgan fingerprint density at radius 2 is 1.84 bits per heavy atom. The quantitative estimate of drug-likeness (QED) is 0.264. The second kappa shape index (κ2) is 11.9. The molecule has 2 amide bonds. The van der Waals surface area contributed by atoms with Gasteiger partial charge in [-0.2, -0.15) is 0 Å². The van der Waals surface area contributed by atoms with Gasteiger partial charge in [0.2, 0.25) is 11.8 Å². The van der Waals surface area contributed by atoms with Gasteiger partial charge in [0.25, 0.3) is 0 Å². The molecule has 2 aromatic carbocycles. The van der Waals surface area contributed by atoms with Gasteiger partial charge in [0, 0.05) is 59.5 Å². The van der Waals surface area contributed by atoms with Crippen molar-refractivity contribution in [3.05, 3.63) is 82.0 Å². The summed E-state index contributed by atoms with van der Waals surface area (Å²) in [5.74, 6) is -0.258. The summed E-state index contributed by atoms with van der Waals surface area (Å²) in [6.07, 6.45) is 4.45. The third-order valence-corrected chi connectivity index (χ3v) is 7.44. The molecule has 0 saturated carbocycles. The summed E-state index contributed by atoms with van der Waals surface area (Å²) < 4.78 is 2.62. The van der Waals surface area contributed by atoms with E-state index in [0.717, 1.165) is 32.1 Å². The van der Waals surface area contributed by atoms with E-state index in [4.69, 9.17) is 0 Å². The predicted octanol–water partition coefficient (Wildman–Crippen LogP) is 4.70. The van der Waals surface area contributed by atoms with Crippen molar-refractivity contribution in [2.45, 2.75) is 52.1 Å². The van der Waals surface area contributed by atoms with Crippen molar-refractivity contribution in [1.29, 1.82) is 0 Å². The number of hydrogen-bond donors (Lipinski definition) is 1. The van der Waals surface area contributed by atoms with Gasteiger partial charge in [-0.1, -0.05) is 46.3 Å². The summed E-state index contributed by atoms with van der Waals surface area (Å²) in [4.78, 5) is 51.7. The number of likely N-dealkylation sites (tertiary alicyclic amines) is 1. The Morgan fingerprint density at radius 1 is 1.08 bits per heavy atom. The number of nitrogens with zero attached hydrogens (tertiary/aromatic N) is 2. The van der Waals surface area contributed by atoms with E-state index in [2.05, 4.69) is 27.8 Å². The Balaban J connectivity index is 1.37. The highest BCUT2D eigenvalue weighted by Crippen LogP contribution is 2.27. The zero-order valence-corrected chi connectivity index (χ0v) is 23.3. The highest BCUT2D eigenvalue weighted by Gasteiger charge is 2.30. The summed E-state index contributed by atoms with van der Waals surface area (Å²) in [7, 11) is 0. The minimum Gasteiger partial charge on any atom is -0.348 e. The van der Waals surface area contributed by atoms with Crippen molar-refractivity contribution < 1.29 is 19.2 Å². The maximum absolute atomic E-state index is 13.2. The van der Waals surface area contributed by atoms with Crippen LogP contribution in [0, 0.1) is 13.8 Å². The van der Waals surface area contributed by atoms with Crippen LogP contribution in [0.3, 0.4) is 0 Å². The highest BCUT2D eigenvalue weighted by molar-refractivity contribution is 9.10. The monoisotopic (exact) mass is 577 g/mol. The molecule has 4 rings (SSSR count). The number of carbonyl (C=O) groups is 4. The number of carbonyl (C=O) groups excluding carboxylic acids is 4. The second-order valence-corrected chi connectivity index (χ2v) is 10.9. The zero-order chi connectivity index (χ0) is 27.4. The average Bonchev–Trinajstić information content (AvgIpc) is 3.20. The van der Waals surface area contributed by atoms with E-state index in [0.29, 0.717) is 37.9 Å². The van der Waals surface area contributed by atoms with Crippen molar-refractivity contribution in [3.63, 3.8) is 0 Å². The van der Waals surface area contributed by atoms with Crippen molar-refractivity contribution in [1.82, 2.24) is 14.8 Å². The second-order valence-electron chi connectivity index (χ2n) is 9.97. The number of fused-ring (bicyclic) bond motifs is 1. The van der Waals surface area contributed by atoms with E-state index in [1.165, 1.54) is 6.08 Å². The van der Waals surface area contributed by atoms with Gasteiger partial charge in [0.05, 0.1) is 6.04 Å². The largest absolute Gasteiger partial charge is 0.348 e. The lowest BCUT2D eigenvalue weighted by Crippen LogP contribution is -2.61. The highest BCUT2D eigenvalue weighted by atomic mass is 79.9. The van der Waals surface area contributed by atoms with Crippen LogP contribution in [0.2, 0.25) is 0 Å². The van der Waals surface area contributed by atoms with Gasteiger partial charge in [-0.15, -0.1) is 0 Å². The Kier molecular flexibility index (Phi) is 8.62. The fraction of sp³-hybridized carbons (Fsp3) is 0.333. The van der Waals surface area contributed by atoms with Gasteiger partial charge in [-0.3, -0.25) is 19.2 Å². The van der Waals surface area contributed by atoms with Crippen LogP contribution in [0.1, 0.15) is 46.3 Å². The first-order valence-corrected chi connectivity index (χ1v) is 13.5. The first-order valence-electron chi connectivity index (χ1n) is 12.7. The molecule has 1 aliphatic rings. The van der Waals surface area contributed by atoms with Crippen LogP contribution in [0.4, 0.5) is 0 Å². The van der Waals surface area contributed by atoms with Crippen LogP contribution in [0.15, 0.2) is 59.7 Å². The summed E-state index contributed by atoms with van der Waals surface area (Å²) in [6, 6.07) is 11.7. The molecular weight excluding hydrogens is 546 g/mol. The topological polar surface area (TPSA) is 88.5 Å². The van der Waals surface area contributed by atoms with Gasteiger partial charge >= 0.3 is 0 Å². The molecule has 8 heteroatoms. The Bertz CT molecular complexity index is 1420. The lowest BCUT2D eigenvalue weighted by atomic mass is 9.98. The molecule has 1 fully saturated rings. The maximum atomic E-state index is 13.2. The number of aromatic nitrogens is 1. The number of amides is 2. The molecule has 1 aliphatic heterocycles. The Morgan fingerprint density at radius 3 is 2.58 bits per heavy atom. The van der Waals surface area contributed by atoms with Crippen molar-refractivity contribution >= 4 is 50.2 Å². The molecule has 7 nitrogen and oxygen atoms in total. The van der Waals surface area contributed by atoms with Gasteiger partial charge < -0.3 is 14.8 Å². The first-order chi connectivity index (χ1) is 18.1. The molecule has 1 aromatic heterocycles. The van der Waals surface area contributed by atoms with E-state index < -0.39 is 0 Å². The molecule has 1 N–H and O–H groups in total. The molecule has 0 unspecified atom stereocenters. The first kappa shape index (κ1) is 27.5. The van der Waals surface area contributed by atoms with E-state index in [-0.39, 0.29) is 42.4 Å². The third kappa shape index (κ3) is 6.48. The van der Waals surface area contributed by atoms with E-state index >= 15 is 0 Å². The number of hydrogen-bond acceptors (Lipinski definition) is 4. The molecule has 0 spiro atoms. The smallest absolute Gasteiger partial charge is 0.246 e. The molecule has 3 aromatic rings. The number of aryl methyl sites for hydroxylation is 2. The predicted molar refractivity (Wildman–Crippen MR) is 151 cm³/mol. The van der Waals surface area contributed by atoms with Crippen LogP contribution >= 0.6 is 15.9 Å². The number of halogens is 1. The Hall–Kier alpha value is -3.52. The molecule has 0 bridgehead atoms. The molecular formula is C30H32BrN3O4. The zero-order valence-electron chi connectivity index (χ0n) is 21.8. The maximum Gasteiger partial charge on any atom is 0.246 e. The summed E-state index contributed by atoms with van der Waals surface area (Å²) in [5.41, 5.74) is 4.59. The fourth-order valence-electron chi connectivity index (χ4n) is 4.80. The van der Waals surface area contributed by atoms with Crippen molar-refractivity contribution in [3.8, 4) is 0 Å². The third-order valence-electron chi connectivity index (χ3n) is 6.94. The minimum atomic E-state index is -0.184.